The topological polar surface area (TPSA) is 65.1 Å². The van der Waals surface area contributed by atoms with Gasteiger partial charge in [0.2, 0.25) is 0 Å². The predicted molar refractivity (Wildman–Crippen MR) is 83.1 cm³/mol. The van der Waals surface area contributed by atoms with Crippen LogP contribution in [0.5, 0.6) is 0 Å². The second-order valence-electron chi connectivity index (χ2n) is 5.76. The quantitative estimate of drug-likeness (QED) is 0.823. The van der Waals surface area contributed by atoms with Crippen molar-refractivity contribution in [3.05, 3.63) is 29.8 Å². The summed E-state index contributed by atoms with van der Waals surface area (Å²) in [7, 11) is 0. The fourth-order valence-electron chi connectivity index (χ4n) is 3.39. The van der Waals surface area contributed by atoms with Crippen LogP contribution in [-0.4, -0.2) is 32.2 Å². The summed E-state index contributed by atoms with van der Waals surface area (Å²) in [4.78, 5) is 2.37. The molecule has 0 amide bonds. The van der Waals surface area contributed by atoms with Crippen molar-refractivity contribution in [1.29, 1.82) is 5.26 Å². The summed E-state index contributed by atoms with van der Waals surface area (Å²) in [5.74, 6) is 0. The standard InChI is InChI=1S/C15H20N4.ClH/c16-9-12-1-3-13(4-2-12)19-10-14(17)15(11-19)5-7-18-8-6-15;/h1-4,14,18H,5-8,10-11,17H2;1H. The lowest BCUT2D eigenvalue weighted by molar-refractivity contribution is 0.205. The molecule has 0 bridgehead atoms. The van der Waals surface area contributed by atoms with Crippen molar-refractivity contribution in [1.82, 2.24) is 5.32 Å². The van der Waals surface area contributed by atoms with E-state index in [9.17, 15) is 0 Å². The van der Waals surface area contributed by atoms with E-state index in [0.717, 1.165) is 26.2 Å². The van der Waals surface area contributed by atoms with E-state index in [-0.39, 0.29) is 23.9 Å². The fraction of sp³-hybridized carbons (Fsp3) is 0.533. The monoisotopic (exact) mass is 292 g/mol. The molecule has 5 heteroatoms. The summed E-state index contributed by atoms with van der Waals surface area (Å²) in [6.45, 7) is 4.12. The maximum absolute atomic E-state index is 8.84. The molecule has 0 saturated carbocycles. The lowest BCUT2D eigenvalue weighted by Crippen LogP contribution is -2.47. The number of nitriles is 1. The van der Waals surface area contributed by atoms with Crippen LogP contribution in [-0.2, 0) is 0 Å². The molecule has 3 rings (SSSR count). The Morgan fingerprint density at radius 3 is 2.50 bits per heavy atom. The molecule has 2 saturated heterocycles. The Labute approximate surface area is 126 Å². The minimum atomic E-state index is 0. The van der Waals surface area contributed by atoms with Gasteiger partial charge in [0.25, 0.3) is 0 Å². The number of benzene rings is 1. The lowest BCUT2D eigenvalue weighted by Gasteiger charge is -2.36. The van der Waals surface area contributed by atoms with Gasteiger partial charge < -0.3 is 16.0 Å². The number of nitrogens with two attached hydrogens (primary N) is 1. The Morgan fingerprint density at radius 1 is 1.25 bits per heavy atom. The molecule has 2 aliphatic rings. The molecule has 0 aliphatic carbocycles. The van der Waals surface area contributed by atoms with E-state index in [1.165, 1.54) is 18.5 Å². The fourth-order valence-corrected chi connectivity index (χ4v) is 3.39. The number of piperidine rings is 1. The van der Waals surface area contributed by atoms with E-state index >= 15 is 0 Å². The van der Waals surface area contributed by atoms with Crippen molar-refractivity contribution in [3.63, 3.8) is 0 Å². The van der Waals surface area contributed by atoms with Gasteiger partial charge in [-0.25, -0.2) is 0 Å². The minimum absolute atomic E-state index is 0. The summed E-state index contributed by atoms with van der Waals surface area (Å²) in [6, 6.07) is 10.2. The number of hydrogen-bond donors (Lipinski definition) is 2. The minimum Gasteiger partial charge on any atom is -0.369 e. The SMILES string of the molecule is Cl.N#Cc1ccc(N2CC(N)C3(CCNCC3)C2)cc1. The Bertz CT molecular complexity index is 488. The first-order valence-electron chi connectivity index (χ1n) is 6.95. The van der Waals surface area contributed by atoms with Crippen LogP contribution < -0.4 is 16.0 Å². The summed E-state index contributed by atoms with van der Waals surface area (Å²) < 4.78 is 0. The van der Waals surface area contributed by atoms with Gasteiger partial charge in [0, 0.05) is 30.2 Å². The molecule has 1 unspecified atom stereocenters. The lowest BCUT2D eigenvalue weighted by atomic mass is 9.75. The van der Waals surface area contributed by atoms with Crippen LogP contribution in [0.15, 0.2) is 24.3 Å². The molecule has 3 N–H and O–H groups in total. The third-order valence-corrected chi connectivity index (χ3v) is 4.67. The van der Waals surface area contributed by atoms with Gasteiger partial charge in [0.05, 0.1) is 11.6 Å². The van der Waals surface area contributed by atoms with E-state index in [4.69, 9.17) is 11.0 Å². The second kappa shape index (κ2) is 6.01. The van der Waals surface area contributed by atoms with Gasteiger partial charge in [-0.15, -0.1) is 12.4 Å². The van der Waals surface area contributed by atoms with E-state index in [0.29, 0.717) is 5.56 Å². The average Bonchev–Trinajstić information content (AvgIpc) is 2.77. The maximum atomic E-state index is 8.84. The van der Waals surface area contributed by atoms with Crippen LogP contribution >= 0.6 is 12.4 Å². The van der Waals surface area contributed by atoms with Crippen molar-refractivity contribution in [2.24, 2.45) is 11.1 Å². The molecule has 1 spiro atoms. The number of halogens is 1. The largest absolute Gasteiger partial charge is 0.369 e. The zero-order valence-corrected chi connectivity index (χ0v) is 12.3. The number of nitrogens with zero attached hydrogens (tertiary/aromatic N) is 2. The first-order valence-corrected chi connectivity index (χ1v) is 6.95. The van der Waals surface area contributed by atoms with Gasteiger partial charge in [-0.3, -0.25) is 0 Å². The molecule has 1 aromatic rings. The summed E-state index contributed by atoms with van der Waals surface area (Å²) in [5.41, 5.74) is 8.58. The molecule has 2 heterocycles. The van der Waals surface area contributed by atoms with Crippen LogP contribution in [0.3, 0.4) is 0 Å². The smallest absolute Gasteiger partial charge is 0.0991 e. The molecule has 2 fully saturated rings. The second-order valence-corrected chi connectivity index (χ2v) is 5.76. The number of nitrogens with one attached hydrogen (secondary N) is 1. The first kappa shape index (κ1) is 15.1. The molecule has 1 atom stereocenters. The zero-order valence-electron chi connectivity index (χ0n) is 11.5. The van der Waals surface area contributed by atoms with E-state index in [1.807, 2.05) is 24.3 Å². The summed E-state index contributed by atoms with van der Waals surface area (Å²) in [6.07, 6.45) is 2.34. The number of rotatable bonds is 1. The molecule has 4 nitrogen and oxygen atoms in total. The zero-order chi connectivity index (χ0) is 13.3. The van der Waals surface area contributed by atoms with Crippen molar-refractivity contribution in [2.45, 2.75) is 18.9 Å². The Balaban J connectivity index is 0.00000147. The molecular weight excluding hydrogens is 272 g/mol. The van der Waals surface area contributed by atoms with Gasteiger partial charge >= 0.3 is 0 Å². The predicted octanol–water partition coefficient (Wildman–Crippen LogP) is 1.50. The van der Waals surface area contributed by atoms with Crippen LogP contribution in [0.1, 0.15) is 18.4 Å². The summed E-state index contributed by atoms with van der Waals surface area (Å²) >= 11 is 0. The van der Waals surface area contributed by atoms with Crippen LogP contribution in [0.2, 0.25) is 0 Å². The molecule has 2 aliphatic heterocycles. The van der Waals surface area contributed by atoms with Crippen molar-refractivity contribution in [3.8, 4) is 6.07 Å². The van der Waals surface area contributed by atoms with E-state index < -0.39 is 0 Å². The molecule has 1 aromatic carbocycles. The van der Waals surface area contributed by atoms with Crippen molar-refractivity contribution in [2.75, 3.05) is 31.1 Å². The third kappa shape index (κ3) is 2.62. The Morgan fingerprint density at radius 2 is 1.90 bits per heavy atom. The van der Waals surface area contributed by atoms with Gasteiger partial charge in [-0.1, -0.05) is 0 Å². The van der Waals surface area contributed by atoms with Crippen molar-refractivity contribution < 1.29 is 0 Å². The Kier molecular flexibility index (Phi) is 4.54. The third-order valence-electron chi connectivity index (χ3n) is 4.67. The maximum Gasteiger partial charge on any atom is 0.0991 e. The highest BCUT2D eigenvalue weighted by atomic mass is 35.5. The highest BCUT2D eigenvalue weighted by Gasteiger charge is 2.45. The number of hydrogen-bond acceptors (Lipinski definition) is 4. The molecule has 0 aromatic heterocycles. The van der Waals surface area contributed by atoms with Crippen LogP contribution in [0, 0.1) is 16.7 Å². The highest BCUT2D eigenvalue weighted by molar-refractivity contribution is 5.85. The first-order chi connectivity index (χ1) is 9.23. The van der Waals surface area contributed by atoms with Crippen molar-refractivity contribution >= 4 is 18.1 Å². The molecule has 108 valence electrons. The van der Waals surface area contributed by atoms with Gasteiger partial charge in [0.15, 0.2) is 0 Å². The summed E-state index contributed by atoms with van der Waals surface area (Å²) in [5, 5.41) is 12.3. The van der Waals surface area contributed by atoms with E-state index in [1.54, 1.807) is 0 Å². The Hall–Kier alpha value is -1.28. The van der Waals surface area contributed by atoms with Gasteiger partial charge in [0.1, 0.15) is 0 Å². The van der Waals surface area contributed by atoms with Crippen LogP contribution in [0.4, 0.5) is 5.69 Å². The van der Waals surface area contributed by atoms with E-state index in [2.05, 4.69) is 16.3 Å². The normalized spacial score (nSPS) is 24.2. The van der Waals surface area contributed by atoms with Gasteiger partial charge in [-0.05, 0) is 50.2 Å². The highest BCUT2D eigenvalue weighted by Crippen LogP contribution is 2.39. The van der Waals surface area contributed by atoms with Crippen LogP contribution in [0.25, 0.3) is 0 Å². The average molecular weight is 293 g/mol. The molecule has 20 heavy (non-hydrogen) atoms. The molecular formula is C15H21ClN4. The molecule has 0 radical (unpaired) electrons. The number of anilines is 1. The van der Waals surface area contributed by atoms with Gasteiger partial charge in [-0.2, -0.15) is 5.26 Å².